The molecule has 20 heavy (non-hydrogen) atoms. The van der Waals surface area contributed by atoms with E-state index in [0.29, 0.717) is 6.04 Å². The molecule has 3 N–H and O–H groups in total. The molecule has 5 heteroatoms. The number of likely N-dealkylation sites (tertiary alicyclic amines) is 1. The van der Waals surface area contributed by atoms with E-state index in [-0.39, 0.29) is 5.91 Å². The van der Waals surface area contributed by atoms with Gasteiger partial charge >= 0.3 is 0 Å². The van der Waals surface area contributed by atoms with E-state index in [2.05, 4.69) is 24.4 Å². The van der Waals surface area contributed by atoms with Gasteiger partial charge < -0.3 is 15.2 Å². The van der Waals surface area contributed by atoms with Crippen LogP contribution in [0.3, 0.4) is 0 Å². The number of benzene rings is 1. The highest BCUT2D eigenvalue weighted by atomic mass is 16.2. The number of likely N-dealkylation sites (N-methyl/N-ethyl adjacent to an activating group) is 1. The zero-order chi connectivity index (χ0) is 14.7. The third kappa shape index (κ3) is 3.11. The van der Waals surface area contributed by atoms with Gasteiger partial charge in [-0.25, -0.2) is 0 Å². The van der Waals surface area contributed by atoms with Gasteiger partial charge in [-0.3, -0.25) is 10.6 Å². The monoisotopic (exact) mass is 276 g/mol. The molecule has 1 unspecified atom stereocenters. The zero-order valence-electron chi connectivity index (χ0n) is 12.5. The van der Waals surface area contributed by atoms with Gasteiger partial charge in [0, 0.05) is 30.4 Å². The Hall–Kier alpha value is -1.59. The average Bonchev–Trinajstić information content (AvgIpc) is 2.46. The summed E-state index contributed by atoms with van der Waals surface area (Å²) in [7, 11) is 4.15. The second-order valence-electron chi connectivity index (χ2n) is 5.68. The van der Waals surface area contributed by atoms with Crippen LogP contribution in [0.2, 0.25) is 0 Å². The second kappa shape index (κ2) is 6.24. The van der Waals surface area contributed by atoms with Crippen LogP contribution in [0.4, 0.5) is 5.69 Å². The smallest absolute Gasteiger partial charge is 0.254 e. The van der Waals surface area contributed by atoms with Gasteiger partial charge in [0.2, 0.25) is 0 Å². The van der Waals surface area contributed by atoms with Crippen molar-refractivity contribution in [3.8, 4) is 0 Å². The van der Waals surface area contributed by atoms with E-state index in [1.807, 2.05) is 30.0 Å². The molecule has 1 heterocycles. The summed E-state index contributed by atoms with van der Waals surface area (Å²) in [4.78, 5) is 16.8. The van der Waals surface area contributed by atoms with Crippen molar-refractivity contribution >= 4 is 11.6 Å². The minimum Gasteiger partial charge on any atom is -0.337 e. The van der Waals surface area contributed by atoms with Crippen LogP contribution in [0.25, 0.3) is 0 Å². The van der Waals surface area contributed by atoms with Gasteiger partial charge in [-0.05, 0) is 57.6 Å². The Morgan fingerprint density at radius 1 is 1.45 bits per heavy atom. The average molecular weight is 276 g/mol. The van der Waals surface area contributed by atoms with Crippen LogP contribution in [0.1, 0.15) is 28.8 Å². The molecule has 1 saturated heterocycles. The van der Waals surface area contributed by atoms with E-state index >= 15 is 0 Å². The number of hydrogen-bond acceptors (Lipinski definition) is 4. The van der Waals surface area contributed by atoms with E-state index < -0.39 is 0 Å². The molecule has 1 aromatic rings. The van der Waals surface area contributed by atoms with Crippen molar-refractivity contribution in [3.05, 3.63) is 29.3 Å². The van der Waals surface area contributed by atoms with Crippen molar-refractivity contribution in [2.24, 2.45) is 5.84 Å². The Morgan fingerprint density at radius 3 is 2.80 bits per heavy atom. The van der Waals surface area contributed by atoms with Crippen molar-refractivity contribution in [1.29, 1.82) is 0 Å². The van der Waals surface area contributed by atoms with Gasteiger partial charge in [0.25, 0.3) is 5.91 Å². The second-order valence-corrected chi connectivity index (χ2v) is 5.68. The molecule has 0 spiro atoms. The maximum atomic E-state index is 12.6. The first-order valence-electron chi connectivity index (χ1n) is 7.06. The van der Waals surface area contributed by atoms with Crippen LogP contribution < -0.4 is 11.3 Å². The molecule has 1 fully saturated rings. The molecule has 0 saturated carbocycles. The van der Waals surface area contributed by atoms with Crippen LogP contribution in [0.5, 0.6) is 0 Å². The summed E-state index contributed by atoms with van der Waals surface area (Å²) < 4.78 is 0. The van der Waals surface area contributed by atoms with E-state index in [4.69, 9.17) is 5.84 Å². The molecule has 0 radical (unpaired) electrons. The van der Waals surface area contributed by atoms with Crippen molar-refractivity contribution in [1.82, 2.24) is 9.80 Å². The number of nitrogens with two attached hydrogens (primary N) is 1. The summed E-state index contributed by atoms with van der Waals surface area (Å²) >= 11 is 0. The Labute approximate surface area is 120 Å². The fourth-order valence-corrected chi connectivity index (χ4v) is 2.72. The first-order chi connectivity index (χ1) is 9.52. The summed E-state index contributed by atoms with van der Waals surface area (Å²) in [6.45, 7) is 3.60. The number of aryl methyl sites for hydroxylation is 1. The highest BCUT2D eigenvalue weighted by Crippen LogP contribution is 2.20. The fraction of sp³-hybridized carbons (Fsp3) is 0.533. The molecule has 1 aliphatic heterocycles. The normalized spacial score (nSPS) is 19.2. The number of carbonyl (C=O) groups is 1. The third-order valence-electron chi connectivity index (χ3n) is 4.04. The Kier molecular flexibility index (Phi) is 4.62. The number of nitrogens with zero attached hydrogens (tertiary/aromatic N) is 2. The molecule has 0 bridgehead atoms. The van der Waals surface area contributed by atoms with E-state index in [9.17, 15) is 4.79 Å². The van der Waals surface area contributed by atoms with Crippen molar-refractivity contribution in [2.75, 3.05) is 32.6 Å². The molecule has 1 aromatic carbocycles. The highest BCUT2D eigenvalue weighted by molar-refractivity contribution is 5.96. The van der Waals surface area contributed by atoms with E-state index in [1.165, 1.54) is 0 Å². The van der Waals surface area contributed by atoms with Gasteiger partial charge in [0.1, 0.15) is 0 Å². The van der Waals surface area contributed by atoms with E-state index in [0.717, 1.165) is 42.7 Å². The van der Waals surface area contributed by atoms with Gasteiger partial charge in [0.15, 0.2) is 0 Å². The molecule has 0 aromatic heterocycles. The number of hydrazine groups is 1. The standard InChI is InChI=1S/C15H24N4O/c1-11-9-12(17-16)6-7-14(11)15(20)19-8-4-5-13(10-19)18(2)3/h6-7,9,13,17H,4-5,8,10,16H2,1-3H3. The number of rotatable bonds is 3. The van der Waals surface area contributed by atoms with Crippen LogP contribution in [-0.4, -0.2) is 48.9 Å². The summed E-state index contributed by atoms with van der Waals surface area (Å²) in [6, 6.07) is 6.05. The predicted molar refractivity (Wildman–Crippen MR) is 81.6 cm³/mol. The lowest BCUT2D eigenvalue weighted by molar-refractivity contribution is 0.0634. The lowest BCUT2D eigenvalue weighted by atomic mass is 10.0. The molecule has 110 valence electrons. The van der Waals surface area contributed by atoms with Crippen molar-refractivity contribution < 1.29 is 4.79 Å². The summed E-state index contributed by atoms with van der Waals surface area (Å²) in [5.41, 5.74) is 5.15. The number of anilines is 1. The van der Waals surface area contributed by atoms with Gasteiger partial charge in [-0.1, -0.05) is 0 Å². The minimum absolute atomic E-state index is 0.123. The SMILES string of the molecule is Cc1cc(NN)ccc1C(=O)N1CCCC(N(C)C)C1. The number of nitrogens with one attached hydrogen (secondary N) is 1. The maximum Gasteiger partial charge on any atom is 0.254 e. The Balaban J connectivity index is 2.14. The summed E-state index contributed by atoms with van der Waals surface area (Å²) in [5, 5.41) is 0. The van der Waals surface area contributed by atoms with Crippen LogP contribution >= 0.6 is 0 Å². The zero-order valence-corrected chi connectivity index (χ0v) is 12.5. The molecule has 1 amide bonds. The van der Waals surface area contributed by atoms with E-state index in [1.54, 1.807) is 0 Å². The van der Waals surface area contributed by atoms with Gasteiger partial charge in [0.05, 0.1) is 0 Å². The molecule has 2 rings (SSSR count). The van der Waals surface area contributed by atoms with Crippen molar-refractivity contribution in [2.45, 2.75) is 25.8 Å². The third-order valence-corrected chi connectivity index (χ3v) is 4.04. The summed E-state index contributed by atoms with van der Waals surface area (Å²) in [6.07, 6.45) is 2.22. The topological polar surface area (TPSA) is 61.6 Å². The number of nitrogen functional groups attached to an aromatic ring is 1. The molecule has 1 atom stereocenters. The first-order valence-corrected chi connectivity index (χ1v) is 7.06. The predicted octanol–water partition coefficient (Wildman–Crippen LogP) is 1.45. The maximum absolute atomic E-state index is 12.6. The van der Waals surface area contributed by atoms with Crippen LogP contribution in [0, 0.1) is 6.92 Å². The number of amides is 1. The van der Waals surface area contributed by atoms with Gasteiger partial charge in [-0.15, -0.1) is 0 Å². The molecular formula is C15H24N4O. The first kappa shape index (κ1) is 14.8. The minimum atomic E-state index is 0.123. The van der Waals surface area contributed by atoms with Crippen LogP contribution in [0.15, 0.2) is 18.2 Å². The van der Waals surface area contributed by atoms with Gasteiger partial charge in [-0.2, -0.15) is 0 Å². The highest BCUT2D eigenvalue weighted by Gasteiger charge is 2.26. The quantitative estimate of drug-likeness (QED) is 0.648. The summed E-state index contributed by atoms with van der Waals surface area (Å²) in [5.74, 6) is 5.51. The Morgan fingerprint density at radius 2 is 2.20 bits per heavy atom. The van der Waals surface area contributed by atoms with Crippen molar-refractivity contribution in [3.63, 3.8) is 0 Å². The molecule has 1 aliphatic rings. The lowest BCUT2D eigenvalue weighted by Gasteiger charge is -2.36. The van der Waals surface area contributed by atoms with Crippen LogP contribution in [-0.2, 0) is 0 Å². The number of carbonyl (C=O) groups excluding carboxylic acids is 1. The molecular weight excluding hydrogens is 252 g/mol. The molecule has 5 nitrogen and oxygen atoms in total. The fourth-order valence-electron chi connectivity index (χ4n) is 2.72. The Bertz CT molecular complexity index is 487. The number of hydrogen-bond donors (Lipinski definition) is 2. The largest absolute Gasteiger partial charge is 0.337 e. The number of piperidine rings is 1. The lowest BCUT2D eigenvalue weighted by Crippen LogP contribution is -2.47. The molecule has 0 aliphatic carbocycles.